The molecule has 5 nitrogen and oxygen atoms in total. The van der Waals surface area contributed by atoms with Crippen LogP contribution in [0.2, 0.25) is 5.02 Å². The van der Waals surface area contributed by atoms with Gasteiger partial charge in [-0.25, -0.2) is 8.42 Å². The van der Waals surface area contributed by atoms with E-state index in [1.165, 1.54) is 6.07 Å². The topological polar surface area (TPSA) is 89.3 Å². The molecule has 0 saturated heterocycles. The minimum atomic E-state index is -3.68. The Hall–Kier alpha value is -2.33. The van der Waals surface area contributed by atoms with Crippen molar-refractivity contribution in [1.82, 2.24) is 4.72 Å². The molecular formula is C17H15ClN2O3S. The lowest BCUT2D eigenvalue weighted by Crippen LogP contribution is -2.24. The molecule has 2 aromatic carbocycles. The van der Waals surface area contributed by atoms with Crippen LogP contribution in [-0.2, 0) is 10.0 Å². The number of nitrogens with two attached hydrogens (primary N) is 1. The first kappa shape index (κ1) is 18.0. The van der Waals surface area contributed by atoms with Gasteiger partial charge in [0.05, 0.1) is 11.4 Å². The van der Waals surface area contributed by atoms with Crippen LogP contribution in [0.3, 0.4) is 0 Å². The number of carbonyl (C=O) groups excluding carboxylic acids is 1. The average Bonchev–Trinajstić information content (AvgIpc) is 2.54. The van der Waals surface area contributed by atoms with Gasteiger partial charge in [-0.05, 0) is 48.9 Å². The largest absolute Gasteiger partial charge is 0.366 e. The zero-order chi connectivity index (χ0) is 17.7. The Labute approximate surface area is 145 Å². The van der Waals surface area contributed by atoms with Gasteiger partial charge in [0.25, 0.3) is 0 Å². The highest BCUT2D eigenvalue weighted by Gasteiger charge is 2.16. The van der Waals surface area contributed by atoms with Gasteiger partial charge in [0.2, 0.25) is 15.9 Å². The number of hydrogen-bond donors (Lipinski definition) is 2. The van der Waals surface area contributed by atoms with Gasteiger partial charge in [-0.3, -0.25) is 4.79 Å². The van der Waals surface area contributed by atoms with Crippen molar-refractivity contribution in [1.29, 1.82) is 0 Å². The lowest BCUT2D eigenvalue weighted by atomic mass is 10.1. The summed E-state index contributed by atoms with van der Waals surface area (Å²) in [4.78, 5) is 11.1. The van der Waals surface area contributed by atoms with Crippen molar-refractivity contribution in [3.8, 4) is 11.8 Å². The van der Waals surface area contributed by atoms with E-state index in [1.54, 1.807) is 43.3 Å². The molecule has 0 bridgehead atoms. The van der Waals surface area contributed by atoms with Crippen LogP contribution >= 0.6 is 11.6 Å². The molecule has 0 aliphatic carbocycles. The Morgan fingerprint density at radius 1 is 1.21 bits per heavy atom. The fraction of sp³-hybridized carbons (Fsp3) is 0.118. The fourth-order valence-corrected chi connectivity index (χ4v) is 3.37. The minimum Gasteiger partial charge on any atom is -0.366 e. The molecule has 124 valence electrons. The van der Waals surface area contributed by atoms with Gasteiger partial charge in [-0.2, -0.15) is 4.72 Å². The van der Waals surface area contributed by atoms with Crippen molar-refractivity contribution in [3.63, 3.8) is 0 Å². The maximum absolute atomic E-state index is 12.2. The minimum absolute atomic E-state index is 0.0497. The van der Waals surface area contributed by atoms with Gasteiger partial charge in [-0.15, -0.1) is 0 Å². The van der Waals surface area contributed by atoms with Crippen LogP contribution in [0.5, 0.6) is 0 Å². The summed E-state index contributed by atoms with van der Waals surface area (Å²) in [7, 11) is -3.68. The van der Waals surface area contributed by atoms with E-state index in [1.807, 2.05) is 0 Å². The fourth-order valence-electron chi connectivity index (χ4n) is 1.95. The van der Waals surface area contributed by atoms with Gasteiger partial charge >= 0.3 is 0 Å². The van der Waals surface area contributed by atoms with Gasteiger partial charge < -0.3 is 5.73 Å². The molecule has 1 amide bonds. The average molecular weight is 363 g/mol. The summed E-state index contributed by atoms with van der Waals surface area (Å²) in [5.74, 6) is 5.01. The summed E-state index contributed by atoms with van der Waals surface area (Å²) in [6.07, 6.45) is 0. The smallest absolute Gasteiger partial charge is 0.248 e. The molecule has 0 spiro atoms. The molecule has 0 aliphatic rings. The van der Waals surface area contributed by atoms with Gasteiger partial charge in [-0.1, -0.05) is 29.5 Å². The van der Waals surface area contributed by atoms with E-state index in [-0.39, 0.29) is 11.4 Å². The van der Waals surface area contributed by atoms with E-state index in [9.17, 15) is 13.2 Å². The Balaban J connectivity index is 2.06. The normalized spacial score (nSPS) is 10.8. The van der Waals surface area contributed by atoms with Crippen LogP contribution in [0.25, 0.3) is 0 Å². The highest BCUT2D eigenvalue weighted by Crippen LogP contribution is 2.22. The van der Waals surface area contributed by atoms with Crippen molar-refractivity contribution in [2.75, 3.05) is 6.54 Å². The summed E-state index contributed by atoms with van der Waals surface area (Å²) < 4.78 is 26.9. The summed E-state index contributed by atoms with van der Waals surface area (Å²) in [6, 6.07) is 11.1. The number of primary amides is 1. The van der Waals surface area contributed by atoms with Gasteiger partial charge in [0, 0.05) is 16.1 Å². The van der Waals surface area contributed by atoms with Crippen LogP contribution in [-0.4, -0.2) is 20.9 Å². The lowest BCUT2D eigenvalue weighted by Gasteiger charge is -2.08. The van der Waals surface area contributed by atoms with Crippen LogP contribution in [0.1, 0.15) is 21.5 Å². The second-order valence-corrected chi connectivity index (χ2v) is 7.07. The van der Waals surface area contributed by atoms with Crippen LogP contribution in [0, 0.1) is 18.8 Å². The maximum Gasteiger partial charge on any atom is 0.248 e. The first-order valence-electron chi connectivity index (χ1n) is 6.95. The van der Waals surface area contributed by atoms with E-state index < -0.39 is 15.9 Å². The highest BCUT2D eigenvalue weighted by molar-refractivity contribution is 7.89. The van der Waals surface area contributed by atoms with Crippen LogP contribution in [0.4, 0.5) is 0 Å². The quantitative estimate of drug-likeness (QED) is 0.816. The molecule has 0 aromatic heterocycles. The molecule has 0 saturated carbocycles. The van der Waals surface area contributed by atoms with Crippen LogP contribution in [0.15, 0.2) is 47.4 Å². The summed E-state index contributed by atoms with van der Waals surface area (Å²) in [6.45, 7) is 1.59. The Bertz CT molecular complexity index is 927. The monoisotopic (exact) mass is 362 g/mol. The molecule has 0 radical (unpaired) electrons. The third kappa shape index (κ3) is 4.36. The molecule has 0 heterocycles. The van der Waals surface area contributed by atoms with Crippen molar-refractivity contribution < 1.29 is 13.2 Å². The molecule has 24 heavy (non-hydrogen) atoms. The molecule has 3 N–H and O–H groups in total. The molecule has 0 aliphatic heterocycles. The SMILES string of the molecule is Cc1c(Cl)cccc1S(=O)(=O)NCC#Cc1ccc(C(N)=O)cc1. The van der Waals surface area contributed by atoms with E-state index in [0.29, 0.717) is 21.7 Å². The third-order valence-electron chi connectivity index (χ3n) is 3.26. The number of amides is 1. The zero-order valence-corrected chi connectivity index (χ0v) is 14.4. The van der Waals surface area contributed by atoms with E-state index in [0.717, 1.165) is 0 Å². The van der Waals surface area contributed by atoms with Crippen molar-refractivity contribution in [2.24, 2.45) is 5.73 Å². The number of nitrogens with one attached hydrogen (secondary N) is 1. The molecule has 0 fully saturated rings. The van der Waals surface area contributed by atoms with E-state index in [4.69, 9.17) is 17.3 Å². The summed E-state index contributed by atoms with van der Waals surface area (Å²) in [5.41, 5.74) is 6.68. The van der Waals surface area contributed by atoms with Crippen LogP contribution < -0.4 is 10.5 Å². The van der Waals surface area contributed by atoms with Gasteiger partial charge in [0.1, 0.15) is 0 Å². The number of benzene rings is 2. The third-order valence-corrected chi connectivity index (χ3v) is 5.22. The Kier molecular flexibility index (Phi) is 5.62. The van der Waals surface area contributed by atoms with Gasteiger partial charge in [0.15, 0.2) is 0 Å². The van der Waals surface area contributed by atoms with E-state index in [2.05, 4.69) is 16.6 Å². The number of halogens is 1. The van der Waals surface area contributed by atoms with E-state index >= 15 is 0 Å². The number of sulfonamides is 1. The van der Waals surface area contributed by atoms with Crippen molar-refractivity contribution >= 4 is 27.5 Å². The molecule has 7 heteroatoms. The Morgan fingerprint density at radius 3 is 2.50 bits per heavy atom. The molecule has 0 atom stereocenters. The number of carbonyl (C=O) groups is 1. The molecule has 0 unspecified atom stereocenters. The summed E-state index contributed by atoms with van der Waals surface area (Å²) >= 11 is 5.94. The molecule has 2 rings (SSSR count). The number of rotatable bonds is 4. The highest BCUT2D eigenvalue weighted by atomic mass is 35.5. The first-order chi connectivity index (χ1) is 11.3. The lowest BCUT2D eigenvalue weighted by molar-refractivity contribution is 0.100. The second-order valence-electron chi connectivity index (χ2n) is 4.93. The van der Waals surface area contributed by atoms with Crippen molar-refractivity contribution in [3.05, 3.63) is 64.2 Å². The first-order valence-corrected chi connectivity index (χ1v) is 8.81. The second kappa shape index (κ2) is 7.49. The Morgan fingerprint density at radius 2 is 1.88 bits per heavy atom. The summed E-state index contributed by atoms with van der Waals surface area (Å²) in [5, 5.41) is 0.387. The molecular weight excluding hydrogens is 348 g/mol. The van der Waals surface area contributed by atoms with Crippen molar-refractivity contribution in [2.45, 2.75) is 11.8 Å². The predicted octanol–water partition coefficient (Wildman–Crippen LogP) is 2.08. The molecule has 2 aromatic rings. The standard InChI is InChI=1S/C17H15ClN2O3S/c1-12-15(18)5-2-6-16(12)24(22,23)20-11-3-4-13-7-9-14(10-8-13)17(19)21/h2,5-10,20H,11H2,1H3,(H2,19,21). The predicted molar refractivity (Wildman–Crippen MR) is 93.2 cm³/mol. The number of hydrogen-bond acceptors (Lipinski definition) is 3. The zero-order valence-electron chi connectivity index (χ0n) is 12.8. The maximum atomic E-state index is 12.2.